The van der Waals surface area contributed by atoms with Gasteiger partial charge in [0.25, 0.3) is 5.91 Å². The summed E-state index contributed by atoms with van der Waals surface area (Å²) < 4.78 is 25.2. The summed E-state index contributed by atoms with van der Waals surface area (Å²) >= 11 is 0. The lowest BCUT2D eigenvalue weighted by atomic mass is 9.93. The molecule has 0 saturated heterocycles. The number of benzene rings is 2. The number of furan rings is 1. The fourth-order valence-electron chi connectivity index (χ4n) is 5.26. The lowest BCUT2D eigenvalue weighted by Gasteiger charge is -2.35. The number of hydrogen-bond donors (Lipinski definition) is 2. The topological polar surface area (TPSA) is 70.5 Å². The zero-order chi connectivity index (χ0) is 23.1. The van der Waals surface area contributed by atoms with Crippen LogP contribution in [0.15, 0.2) is 59.5 Å². The van der Waals surface area contributed by atoms with Gasteiger partial charge in [0.1, 0.15) is 18.2 Å². The summed E-state index contributed by atoms with van der Waals surface area (Å²) in [6.07, 6.45) is 7.97. The normalized spacial score (nSPS) is 17.0. The van der Waals surface area contributed by atoms with Gasteiger partial charge in [0.05, 0.1) is 18.1 Å². The van der Waals surface area contributed by atoms with Gasteiger partial charge in [0.15, 0.2) is 0 Å². The summed E-state index contributed by atoms with van der Waals surface area (Å²) in [7, 11) is 0. The minimum atomic E-state index is -0.218. The molecule has 34 heavy (non-hydrogen) atoms. The molecule has 2 aliphatic heterocycles. The lowest BCUT2D eigenvalue weighted by molar-refractivity contribution is 0.0953. The highest BCUT2D eigenvalue weighted by atomic mass is 19.1. The first kappa shape index (κ1) is 21.0. The van der Waals surface area contributed by atoms with E-state index in [1.807, 2.05) is 24.4 Å². The highest BCUT2D eigenvalue weighted by Crippen LogP contribution is 2.34. The van der Waals surface area contributed by atoms with Gasteiger partial charge >= 0.3 is 0 Å². The first-order valence-corrected chi connectivity index (χ1v) is 11.7. The molecule has 0 bridgehead atoms. The Morgan fingerprint density at radius 1 is 1.18 bits per heavy atom. The summed E-state index contributed by atoms with van der Waals surface area (Å²) in [5.41, 5.74) is 6.02. The number of rotatable bonds is 7. The molecule has 0 fully saturated rings. The molecule has 7 heteroatoms. The van der Waals surface area contributed by atoms with Crippen molar-refractivity contribution < 1.29 is 18.3 Å². The molecule has 4 aromatic rings. The Hall–Kier alpha value is -3.58. The van der Waals surface area contributed by atoms with Crippen LogP contribution in [0.25, 0.3) is 10.9 Å². The Morgan fingerprint density at radius 3 is 3.00 bits per heavy atom. The van der Waals surface area contributed by atoms with Crippen LogP contribution in [-0.2, 0) is 25.9 Å². The van der Waals surface area contributed by atoms with Crippen molar-refractivity contribution in [3.63, 3.8) is 0 Å². The predicted molar refractivity (Wildman–Crippen MR) is 126 cm³/mol. The average Bonchev–Trinajstić information content (AvgIpc) is 3.59. The Kier molecular flexibility index (Phi) is 5.34. The number of halogens is 1. The number of H-pyrrole nitrogens is 1. The minimum Gasteiger partial charge on any atom is -0.492 e. The van der Waals surface area contributed by atoms with Crippen molar-refractivity contribution in [1.82, 2.24) is 15.2 Å². The molecule has 1 amide bonds. The van der Waals surface area contributed by atoms with Crippen molar-refractivity contribution in [3.8, 4) is 5.75 Å². The molecular weight excluding hydrogens is 433 g/mol. The molecule has 6 nitrogen and oxygen atoms in total. The molecule has 4 heterocycles. The third-order valence-electron chi connectivity index (χ3n) is 7.00. The standard InChI is InChI=1S/C27H26FN3O3/c28-20-4-5-24-22(10-20)18(12-29-24)2-1-8-31(14-17-7-9-33-15-17)21-11-23-25(34-16-21)6-3-19-13-30-27(32)26(19)23/h3-7,9-10,12,15,21,29H,1-2,8,11,13-14,16H2,(H,30,32). The SMILES string of the molecule is O=C1NCc2ccc3c(c21)CC(N(CCCc1c[nH]c2ccc(F)cc12)Cc1ccoc1)CO3. The molecule has 2 aliphatic rings. The Morgan fingerprint density at radius 2 is 2.12 bits per heavy atom. The maximum atomic E-state index is 13.8. The van der Waals surface area contributed by atoms with E-state index in [0.29, 0.717) is 13.2 Å². The average molecular weight is 460 g/mol. The summed E-state index contributed by atoms with van der Waals surface area (Å²) in [6.45, 7) is 2.74. The second-order valence-electron chi connectivity index (χ2n) is 9.14. The quantitative estimate of drug-likeness (QED) is 0.424. The number of hydrogen-bond acceptors (Lipinski definition) is 4. The van der Waals surface area contributed by atoms with Crippen LogP contribution in [0.3, 0.4) is 0 Å². The molecule has 0 spiro atoms. The van der Waals surface area contributed by atoms with E-state index in [9.17, 15) is 9.18 Å². The Balaban J connectivity index is 1.21. The van der Waals surface area contributed by atoms with Gasteiger partial charge in [-0.2, -0.15) is 0 Å². The summed E-state index contributed by atoms with van der Waals surface area (Å²) in [5.74, 6) is 0.588. The molecule has 0 saturated carbocycles. The van der Waals surface area contributed by atoms with Crippen molar-refractivity contribution >= 4 is 16.8 Å². The molecule has 6 rings (SSSR count). The zero-order valence-corrected chi connectivity index (χ0v) is 18.8. The number of aromatic amines is 1. The van der Waals surface area contributed by atoms with E-state index in [0.717, 1.165) is 76.8 Å². The Bertz CT molecular complexity index is 1340. The van der Waals surface area contributed by atoms with Crippen molar-refractivity contribution in [2.75, 3.05) is 13.2 Å². The van der Waals surface area contributed by atoms with Gasteiger partial charge in [-0.3, -0.25) is 9.69 Å². The molecular formula is C27H26FN3O3. The van der Waals surface area contributed by atoms with Gasteiger partial charge in [0, 0.05) is 47.4 Å². The van der Waals surface area contributed by atoms with Gasteiger partial charge in [0.2, 0.25) is 0 Å². The van der Waals surface area contributed by atoms with Gasteiger partial charge in [-0.1, -0.05) is 6.07 Å². The first-order chi connectivity index (χ1) is 16.7. The molecule has 1 unspecified atom stereocenters. The number of ether oxygens (including phenoxy) is 1. The van der Waals surface area contributed by atoms with E-state index in [4.69, 9.17) is 9.15 Å². The largest absolute Gasteiger partial charge is 0.492 e. The maximum absolute atomic E-state index is 13.8. The Labute approximate surface area is 196 Å². The van der Waals surface area contributed by atoms with Crippen LogP contribution in [0.4, 0.5) is 4.39 Å². The van der Waals surface area contributed by atoms with E-state index < -0.39 is 0 Å². The third kappa shape index (κ3) is 3.86. The number of amides is 1. The van der Waals surface area contributed by atoms with E-state index >= 15 is 0 Å². The van der Waals surface area contributed by atoms with Crippen molar-refractivity contribution in [2.45, 2.75) is 38.4 Å². The van der Waals surface area contributed by atoms with Crippen LogP contribution < -0.4 is 10.1 Å². The first-order valence-electron chi connectivity index (χ1n) is 11.7. The van der Waals surface area contributed by atoms with Crippen molar-refractivity contribution in [3.05, 3.63) is 88.8 Å². The molecule has 0 radical (unpaired) electrons. The fraction of sp³-hybridized carbons (Fsp3) is 0.296. The zero-order valence-electron chi connectivity index (χ0n) is 18.8. The maximum Gasteiger partial charge on any atom is 0.252 e. The molecule has 0 aliphatic carbocycles. The van der Waals surface area contributed by atoms with Crippen LogP contribution in [0.1, 0.15) is 39.0 Å². The van der Waals surface area contributed by atoms with Gasteiger partial charge in [-0.25, -0.2) is 4.39 Å². The third-order valence-corrected chi connectivity index (χ3v) is 7.00. The number of aryl methyl sites for hydroxylation is 1. The summed E-state index contributed by atoms with van der Waals surface area (Å²) in [6, 6.07) is 11.0. The lowest BCUT2D eigenvalue weighted by Crippen LogP contribution is -2.43. The van der Waals surface area contributed by atoms with Crippen LogP contribution in [-0.4, -0.2) is 35.0 Å². The van der Waals surface area contributed by atoms with Crippen LogP contribution in [0.5, 0.6) is 5.75 Å². The fourth-order valence-corrected chi connectivity index (χ4v) is 5.26. The summed E-state index contributed by atoms with van der Waals surface area (Å²) in [5, 5.41) is 3.88. The summed E-state index contributed by atoms with van der Waals surface area (Å²) in [4.78, 5) is 18.1. The van der Waals surface area contributed by atoms with Crippen LogP contribution >= 0.6 is 0 Å². The molecule has 1 atom stereocenters. The minimum absolute atomic E-state index is 0.0101. The highest BCUT2D eigenvalue weighted by Gasteiger charge is 2.32. The number of carbonyl (C=O) groups excluding carboxylic acids is 1. The van der Waals surface area contributed by atoms with Crippen LogP contribution in [0.2, 0.25) is 0 Å². The number of nitrogens with one attached hydrogen (secondary N) is 2. The second kappa shape index (κ2) is 8.65. The van der Waals surface area contributed by atoms with Gasteiger partial charge in [-0.15, -0.1) is 0 Å². The molecule has 174 valence electrons. The van der Waals surface area contributed by atoms with Crippen molar-refractivity contribution in [1.29, 1.82) is 0 Å². The smallest absolute Gasteiger partial charge is 0.252 e. The van der Waals surface area contributed by atoms with Gasteiger partial charge < -0.3 is 19.5 Å². The number of carbonyl (C=O) groups is 1. The van der Waals surface area contributed by atoms with E-state index in [1.165, 1.54) is 6.07 Å². The number of nitrogens with zero attached hydrogens (tertiary/aromatic N) is 1. The monoisotopic (exact) mass is 459 g/mol. The van der Waals surface area contributed by atoms with E-state index in [2.05, 4.69) is 15.2 Å². The molecule has 2 N–H and O–H groups in total. The molecule has 2 aromatic heterocycles. The molecule has 2 aromatic carbocycles. The number of aromatic nitrogens is 1. The second-order valence-corrected chi connectivity index (χ2v) is 9.14. The predicted octanol–water partition coefficient (Wildman–Crippen LogP) is 4.58. The van der Waals surface area contributed by atoms with Crippen molar-refractivity contribution in [2.24, 2.45) is 0 Å². The van der Waals surface area contributed by atoms with E-state index in [1.54, 1.807) is 24.7 Å². The van der Waals surface area contributed by atoms with E-state index in [-0.39, 0.29) is 17.8 Å². The van der Waals surface area contributed by atoms with Crippen LogP contribution in [0, 0.1) is 5.82 Å². The number of fused-ring (bicyclic) bond motifs is 4. The van der Waals surface area contributed by atoms with Gasteiger partial charge in [-0.05, 0) is 67.3 Å². The highest BCUT2D eigenvalue weighted by molar-refractivity contribution is 6.00.